The molecule has 27 heteroatoms. The Bertz CT molecular complexity index is 2640. The Balaban J connectivity index is 1.28. The van der Waals surface area contributed by atoms with Crippen molar-refractivity contribution >= 4 is 59.0 Å². The number of urea groups is 1. The van der Waals surface area contributed by atoms with Gasteiger partial charge in [-0.3, -0.25) is 43.3 Å². The fourth-order valence-electron chi connectivity index (χ4n) is 10.7. The van der Waals surface area contributed by atoms with Crippen molar-refractivity contribution in [2.45, 2.75) is 149 Å². The summed E-state index contributed by atoms with van der Waals surface area (Å²) < 4.78 is 22.1. The lowest BCUT2D eigenvalue weighted by Crippen LogP contribution is -2.61. The highest BCUT2D eigenvalue weighted by Gasteiger charge is 2.46. The van der Waals surface area contributed by atoms with Crippen LogP contribution in [0.5, 0.6) is 5.75 Å². The summed E-state index contributed by atoms with van der Waals surface area (Å²) in [5.41, 5.74) is 15.5. The zero-order valence-corrected chi connectivity index (χ0v) is 53.2. The van der Waals surface area contributed by atoms with Crippen LogP contribution in [-0.2, 0) is 65.7 Å². The van der Waals surface area contributed by atoms with E-state index in [1.54, 1.807) is 67.1 Å². The normalized spacial score (nSPS) is 16.5. The molecule has 7 unspecified atom stereocenters. The Morgan fingerprint density at radius 2 is 1.26 bits per heavy atom. The average Bonchev–Trinajstić information content (AvgIpc) is 3.18. The summed E-state index contributed by atoms with van der Waals surface area (Å²) >= 11 is 0. The van der Waals surface area contributed by atoms with E-state index in [1.807, 2.05) is 72.7 Å². The van der Waals surface area contributed by atoms with Gasteiger partial charge in [0.15, 0.2) is 0 Å². The Morgan fingerprint density at radius 1 is 0.670 bits per heavy atom. The van der Waals surface area contributed by atoms with E-state index in [2.05, 4.69) is 41.9 Å². The van der Waals surface area contributed by atoms with Gasteiger partial charge in [-0.05, 0) is 117 Å². The number of benzene rings is 2. The van der Waals surface area contributed by atoms with Crippen molar-refractivity contribution in [3.63, 3.8) is 0 Å². The molecule has 2 aliphatic heterocycles. The van der Waals surface area contributed by atoms with E-state index >= 15 is 0 Å². The molecule has 0 aromatic heterocycles. The molecule has 0 aliphatic carbocycles. The molecule has 2 heterocycles. The van der Waals surface area contributed by atoms with Crippen molar-refractivity contribution in [2.24, 2.45) is 34.5 Å². The summed E-state index contributed by atoms with van der Waals surface area (Å²) in [5, 5.41) is 20.1. The van der Waals surface area contributed by atoms with E-state index in [4.69, 9.17) is 30.2 Å². The van der Waals surface area contributed by atoms with Gasteiger partial charge >= 0.3 is 6.03 Å². The molecule has 7 atom stereocenters. The molecule has 0 spiro atoms. The highest BCUT2D eigenvalue weighted by atomic mass is 16.5. The van der Waals surface area contributed by atoms with E-state index in [-0.39, 0.29) is 119 Å². The first kappa shape index (κ1) is 72.9. The number of hydrogen-bond acceptors (Lipinski definition) is 15. The van der Waals surface area contributed by atoms with Gasteiger partial charge in [0.1, 0.15) is 55.2 Å². The summed E-state index contributed by atoms with van der Waals surface area (Å²) in [6.45, 7) is 17.1. The number of nitrogens with zero attached hydrogens (tertiary/aromatic N) is 7. The predicted octanol–water partition coefficient (Wildman–Crippen LogP) is 3.45. The number of nitrogens with two attached hydrogens (primary N) is 1. The third kappa shape index (κ3) is 23.2. The minimum absolute atomic E-state index is 0.0100. The minimum atomic E-state index is -1.05. The number of hydrogen-bond donors (Lipinski definition) is 7. The second kappa shape index (κ2) is 37.3. The molecule has 88 heavy (non-hydrogen) atoms. The number of likely N-dealkylation sites (N-methyl/N-ethyl adjacent to an activating group) is 2. The van der Waals surface area contributed by atoms with Crippen LogP contribution in [-0.4, -0.2) is 202 Å². The zero-order valence-electron chi connectivity index (χ0n) is 53.2. The number of nitrogens with one attached hydrogen (secondary N) is 6. The third-order valence-corrected chi connectivity index (χ3v) is 15.3. The Labute approximate surface area is 517 Å². The van der Waals surface area contributed by atoms with Crippen LogP contribution in [0.2, 0.25) is 0 Å². The predicted molar refractivity (Wildman–Crippen MR) is 330 cm³/mol. The number of amides is 10. The number of likely N-dealkylation sites (tertiary alicyclic amines) is 2. The molecule has 8 N–H and O–H groups in total. The van der Waals surface area contributed by atoms with Crippen LogP contribution >= 0.6 is 0 Å². The van der Waals surface area contributed by atoms with E-state index in [9.17, 15) is 43.2 Å². The van der Waals surface area contributed by atoms with Gasteiger partial charge in [-0.1, -0.05) is 84.8 Å². The molecule has 27 nitrogen and oxygen atoms in total. The molecule has 2 aromatic rings. The molecule has 4 rings (SSSR count). The fourth-order valence-corrected chi connectivity index (χ4v) is 10.7. The maximum Gasteiger partial charge on any atom is 0.312 e. The number of ether oxygens (including phenoxy) is 4. The topological polar surface area (TPSA) is 350 Å². The molecular weight excluding hydrogens is 1140 g/mol. The van der Waals surface area contributed by atoms with Crippen molar-refractivity contribution in [3.8, 4) is 5.75 Å². The second-order valence-corrected chi connectivity index (χ2v) is 23.8. The number of rotatable bonds is 37. The van der Waals surface area contributed by atoms with E-state index < -0.39 is 66.0 Å². The molecule has 2 aliphatic rings. The summed E-state index contributed by atoms with van der Waals surface area (Å²) in [6, 6.07) is 7.60. The van der Waals surface area contributed by atoms with Crippen molar-refractivity contribution in [2.75, 3.05) is 92.3 Å². The van der Waals surface area contributed by atoms with Gasteiger partial charge < -0.3 is 71.3 Å². The Kier molecular flexibility index (Phi) is 30.9. The third-order valence-electron chi connectivity index (χ3n) is 15.3. The SMILES string of the molecule is CC(C)C(NC(=O)COCCOCCOCCN=[N+]=[N-])C(=O)NC(CCCNC(N)=O)C(=O)Nc1ccc(COc2ccc(CNC(=O)C3CCCN3C(=O)C3CCCN3C(=O)C(C(C)C)N(C)C(=O)C(NC(=O)C(C(C)C)N(C)C)C(C)C)cc2)cc1. The molecule has 0 saturated carbocycles. The molecule has 2 fully saturated rings. The van der Waals surface area contributed by atoms with Crippen molar-refractivity contribution in [3.05, 3.63) is 70.1 Å². The average molecular weight is 1230 g/mol. The van der Waals surface area contributed by atoms with Crippen molar-refractivity contribution < 1.29 is 62.1 Å². The standard InChI is InChI=1S/C61H96N14O13/c1-38(2)50(69-49(76)37-87-34-33-86-32-31-85-30-27-66-71-63)56(79)68-46(15-12-26-64-61(62)84)54(77)67-44-22-18-43(19-23-44)36-88-45-24-20-42(21-25-45)35-65-55(78)47-16-13-28-74(47)58(81)48-17-14-29-75(48)60(83)53(41(7)8)73(11)59(82)51(39(3)4)70-57(80)52(40(5)6)72(9)10/h18-25,38-41,46-48,50-53H,12-17,26-37H2,1-11H3,(H,65,78)(H,67,77)(H,68,79)(H,69,76)(H,70,80)(H3,62,64,84). The highest BCUT2D eigenvalue weighted by molar-refractivity contribution is 5.99. The number of azide groups is 1. The van der Waals surface area contributed by atoms with Gasteiger partial charge in [-0.15, -0.1) is 0 Å². The van der Waals surface area contributed by atoms with Crippen LogP contribution in [0.15, 0.2) is 53.6 Å². The van der Waals surface area contributed by atoms with Crippen LogP contribution in [0.1, 0.15) is 105 Å². The smallest absolute Gasteiger partial charge is 0.312 e. The number of anilines is 1. The summed E-state index contributed by atoms with van der Waals surface area (Å²) in [7, 11) is 5.22. The molecule has 0 radical (unpaired) electrons. The molecule has 0 bridgehead atoms. The maximum atomic E-state index is 14.5. The quantitative estimate of drug-likeness (QED) is 0.0221. The Morgan fingerprint density at radius 3 is 1.85 bits per heavy atom. The Hall–Kier alpha value is -7.58. The maximum absolute atomic E-state index is 14.5. The molecular formula is C61H96N14O13. The van der Waals surface area contributed by atoms with Gasteiger partial charge in [-0.2, -0.15) is 0 Å². The van der Waals surface area contributed by atoms with Gasteiger partial charge in [0, 0.05) is 50.4 Å². The van der Waals surface area contributed by atoms with E-state index in [1.165, 1.54) is 4.90 Å². The molecule has 2 saturated heterocycles. The first-order valence-electron chi connectivity index (χ1n) is 30.5. The van der Waals surface area contributed by atoms with Gasteiger partial charge in [0.05, 0.1) is 39.1 Å². The summed E-state index contributed by atoms with van der Waals surface area (Å²) in [6.07, 6.45) is 2.53. The van der Waals surface area contributed by atoms with Crippen LogP contribution < -0.4 is 42.4 Å². The largest absolute Gasteiger partial charge is 0.489 e. The van der Waals surface area contributed by atoms with Crippen LogP contribution in [0.25, 0.3) is 10.4 Å². The van der Waals surface area contributed by atoms with Crippen LogP contribution in [0.4, 0.5) is 10.5 Å². The number of primary amides is 1. The van der Waals surface area contributed by atoms with Crippen molar-refractivity contribution in [1.82, 2.24) is 46.2 Å². The van der Waals surface area contributed by atoms with Crippen LogP contribution in [0.3, 0.4) is 0 Å². The number of carbonyl (C=O) groups is 9. The van der Waals surface area contributed by atoms with Crippen molar-refractivity contribution in [1.29, 1.82) is 0 Å². The highest BCUT2D eigenvalue weighted by Crippen LogP contribution is 2.28. The van der Waals surface area contributed by atoms with Gasteiger partial charge in [0.2, 0.25) is 47.3 Å². The zero-order chi connectivity index (χ0) is 65.0. The molecule has 2 aromatic carbocycles. The first-order valence-corrected chi connectivity index (χ1v) is 30.5. The van der Waals surface area contributed by atoms with Crippen LogP contribution in [0, 0.1) is 23.7 Å². The van der Waals surface area contributed by atoms with Gasteiger partial charge in [0.25, 0.3) is 0 Å². The monoisotopic (exact) mass is 1230 g/mol. The van der Waals surface area contributed by atoms with E-state index in [0.717, 1.165) is 11.1 Å². The molecule has 10 amide bonds. The summed E-state index contributed by atoms with van der Waals surface area (Å²) in [4.78, 5) is 131. The second-order valence-electron chi connectivity index (χ2n) is 23.8. The minimum Gasteiger partial charge on any atom is -0.489 e. The lowest BCUT2D eigenvalue weighted by molar-refractivity contribution is -0.153. The van der Waals surface area contributed by atoms with Gasteiger partial charge in [-0.25, -0.2) is 4.79 Å². The number of carbonyl (C=O) groups excluding carboxylic acids is 9. The molecule has 488 valence electrons. The lowest BCUT2D eigenvalue weighted by Gasteiger charge is -2.38. The first-order chi connectivity index (χ1) is 41.9. The van der Waals surface area contributed by atoms with E-state index in [0.29, 0.717) is 63.2 Å². The summed E-state index contributed by atoms with van der Waals surface area (Å²) in [5.74, 6) is -3.65. The lowest BCUT2D eigenvalue weighted by atomic mass is 9.96. The fraction of sp³-hybridized carbons (Fsp3) is 0.656.